The van der Waals surface area contributed by atoms with Crippen LogP contribution in [0.5, 0.6) is 0 Å². The lowest BCUT2D eigenvalue weighted by molar-refractivity contribution is 0.0773. The van der Waals surface area contributed by atoms with E-state index in [4.69, 9.17) is 0 Å². The summed E-state index contributed by atoms with van der Waals surface area (Å²) in [6, 6.07) is 9.84. The Morgan fingerprint density at radius 2 is 1.70 bits per heavy atom. The van der Waals surface area contributed by atoms with E-state index in [1.807, 2.05) is 20.8 Å². The smallest absolute Gasteiger partial charge is 0.271 e. The summed E-state index contributed by atoms with van der Waals surface area (Å²) in [7, 11) is -3.58. The summed E-state index contributed by atoms with van der Waals surface area (Å²) in [5, 5.41) is 0. The zero-order valence-electron chi connectivity index (χ0n) is 13.4. The lowest BCUT2D eigenvalue weighted by atomic mass is 10.2. The van der Waals surface area contributed by atoms with E-state index in [2.05, 4.69) is 4.72 Å². The molecule has 1 aromatic heterocycles. The number of benzene rings is 1. The van der Waals surface area contributed by atoms with Crippen molar-refractivity contribution >= 4 is 33.0 Å². The minimum absolute atomic E-state index is 0.0571. The minimum atomic E-state index is -3.58. The Morgan fingerprint density at radius 1 is 1.09 bits per heavy atom. The molecule has 7 heteroatoms. The van der Waals surface area contributed by atoms with Gasteiger partial charge in [-0.1, -0.05) is 0 Å². The Balaban J connectivity index is 2.16. The van der Waals surface area contributed by atoms with Gasteiger partial charge in [0.25, 0.3) is 15.9 Å². The predicted molar refractivity (Wildman–Crippen MR) is 93.6 cm³/mol. The number of anilines is 1. The summed E-state index contributed by atoms with van der Waals surface area (Å²) >= 11 is 1.22. The highest BCUT2D eigenvalue weighted by atomic mass is 32.2. The summed E-state index contributed by atoms with van der Waals surface area (Å²) in [5.74, 6) is -0.0571. The molecule has 0 spiro atoms. The highest BCUT2D eigenvalue weighted by Gasteiger charge is 2.17. The quantitative estimate of drug-likeness (QED) is 0.867. The molecule has 0 radical (unpaired) electrons. The molecule has 0 aliphatic carbocycles. The van der Waals surface area contributed by atoms with Crippen LogP contribution in [0.4, 0.5) is 5.69 Å². The van der Waals surface area contributed by atoms with E-state index in [-0.39, 0.29) is 10.1 Å². The van der Waals surface area contributed by atoms with Gasteiger partial charge < -0.3 is 4.90 Å². The van der Waals surface area contributed by atoms with Crippen molar-refractivity contribution in [2.75, 3.05) is 17.8 Å². The van der Waals surface area contributed by atoms with Gasteiger partial charge in [0.2, 0.25) is 0 Å². The van der Waals surface area contributed by atoms with Crippen molar-refractivity contribution in [3.8, 4) is 0 Å². The Bertz CT molecular complexity index is 776. The fraction of sp³-hybridized carbons (Fsp3) is 0.312. The Morgan fingerprint density at radius 3 is 2.17 bits per heavy atom. The largest absolute Gasteiger partial charge is 0.339 e. The lowest BCUT2D eigenvalue weighted by Gasteiger charge is -2.18. The standard InChI is InChI=1S/C16H20N2O3S2/c1-4-18(5-2)16(19)13-7-9-14(10-8-13)17-23(20,21)15-11-6-12(3)22-15/h6-11,17H,4-5H2,1-3H3. The normalized spacial score (nSPS) is 11.3. The van der Waals surface area contributed by atoms with Gasteiger partial charge in [-0.15, -0.1) is 11.3 Å². The first kappa shape index (κ1) is 17.5. The van der Waals surface area contributed by atoms with Gasteiger partial charge in [-0.2, -0.15) is 0 Å². The third-order valence-electron chi connectivity index (χ3n) is 3.42. The molecule has 5 nitrogen and oxygen atoms in total. The number of carbonyl (C=O) groups is 1. The summed E-state index contributed by atoms with van der Waals surface area (Å²) < 4.78 is 27.3. The molecule has 0 atom stereocenters. The lowest BCUT2D eigenvalue weighted by Crippen LogP contribution is -2.30. The molecular formula is C16H20N2O3S2. The first-order valence-electron chi connectivity index (χ1n) is 7.36. The van der Waals surface area contributed by atoms with Crippen molar-refractivity contribution in [2.24, 2.45) is 0 Å². The number of nitrogens with one attached hydrogen (secondary N) is 1. The van der Waals surface area contributed by atoms with Crippen molar-refractivity contribution in [1.29, 1.82) is 0 Å². The van der Waals surface area contributed by atoms with Crippen molar-refractivity contribution in [3.63, 3.8) is 0 Å². The fourth-order valence-corrected chi connectivity index (χ4v) is 4.48. The van der Waals surface area contributed by atoms with Crippen LogP contribution in [0.15, 0.2) is 40.6 Å². The van der Waals surface area contributed by atoms with Crippen LogP contribution in [0.1, 0.15) is 29.1 Å². The second-order valence-electron chi connectivity index (χ2n) is 5.03. The molecule has 1 aromatic carbocycles. The minimum Gasteiger partial charge on any atom is -0.339 e. The number of carbonyl (C=O) groups excluding carboxylic acids is 1. The van der Waals surface area contributed by atoms with Crippen LogP contribution in [0, 0.1) is 6.92 Å². The van der Waals surface area contributed by atoms with Crippen LogP contribution in [-0.2, 0) is 10.0 Å². The summed E-state index contributed by atoms with van der Waals surface area (Å²) in [6.45, 7) is 6.99. The molecule has 0 unspecified atom stereocenters. The highest BCUT2D eigenvalue weighted by molar-refractivity contribution is 7.94. The van der Waals surface area contributed by atoms with E-state index < -0.39 is 10.0 Å². The first-order valence-corrected chi connectivity index (χ1v) is 9.66. The van der Waals surface area contributed by atoms with Gasteiger partial charge in [0.1, 0.15) is 4.21 Å². The van der Waals surface area contributed by atoms with Gasteiger partial charge in [-0.25, -0.2) is 8.42 Å². The molecule has 0 saturated carbocycles. The summed E-state index contributed by atoms with van der Waals surface area (Å²) in [4.78, 5) is 14.9. The fourth-order valence-electron chi connectivity index (χ4n) is 2.14. The van der Waals surface area contributed by atoms with Gasteiger partial charge in [-0.05, 0) is 57.2 Å². The number of hydrogen-bond donors (Lipinski definition) is 1. The molecule has 0 aliphatic heterocycles. The molecular weight excluding hydrogens is 332 g/mol. The maximum Gasteiger partial charge on any atom is 0.271 e. The highest BCUT2D eigenvalue weighted by Crippen LogP contribution is 2.23. The Labute approximate surface area is 141 Å². The van der Waals surface area contributed by atoms with Crippen LogP contribution in [0.2, 0.25) is 0 Å². The van der Waals surface area contributed by atoms with Gasteiger partial charge in [0.15, 0.2) is 0 Å². The second kappa shape index (κ2) is 7.14. The number of nitrogens with zero attached hydrogens (tertiary/aromatic N) is 1. The van der Waals surface area contributed by atoms with Crippen molar-refractivity contribution in [1.82, 2.24) is 4.90 Å². The van der Waals surface area contributed by atoms with Crippen molar-refractivity contribution < 1.29 is 13.2 Å². The predicted octanol–water partition coefficient (Wildman–Crippen LogP) is 3.34. The van der Waals surface area contributed by atoms with Gasteiger partial charge >= 0.3 is 0 Å². The van der Waals surface area contributed by atoms with Gasteiger partial charge in [-0.3, -0.25) is 9.52 Å². The Hall–Kier alpha value is -1.86. The number of thiophene rings is 1. The van der Waals surface area contributed by atoms with Gasteiger partial charge in [0, 0.05) is 29.2 Å². The molecule has 1 heterocycles. The van der Waals surface area contributed by atoms with E-state index >= 15 is 0 Å². The van der Waals surface area contributed by atoms with E-state index in [0.29, 0.717) is 24.3 Å². The maximum absolute atomic E-state index is 12.3. The molecule has 23 heavy (non-hydrogen) atoms. The van der Waals surface area contributed by atoms with Crippen LogP contribution in [-0.4, -0.2) is 32.3 Å². The number of amides is 1. The van der Waals surface area contributed by atoms with E-state index in [1.54, 1.807) is 41.3 Å². The monoisotopic (exact) mass is 352 g/mol. The van der Waals surface area contributed by atoms with Gasteiger partial charge in [0.05, 0.1) is 0 Å². The van der Waals surface area contributed by atoms with Crippen molar-refractivity contribution in [3.05, 3.63) is 46.8 Å². The van der Waals surface area contributed by atoms with E-state index in [1.165, 1.54) is 11.3 Å². The third-order valence-corrected chi connectivity index (χ3v) is 6.29. The molecule has 2 aromatic rings. The molecule has 0 fully saturated rings. The van der Waals surface area contributed by atoms with Crippen LogP contribution in [0.25, 0.3) is 0 Å². The average Bonchev–Trinajstić information content (AvgIpc) is 2.96. The zero-order valence-corrected chi connectivity index (χ0v) is 15.0. The molecule has 0 bridgehead atoms. The Kier molecular flexibility index (Phi) is 5.43. The molecule has 2 rings (SSSR count). The average molecular weight is 352 g/mol. The molecule has 124 valence electrons. The second-order valence-corrected chi connectivity index (χ2v) is 8.22. The summed E-state index contributed by atoms with van der Waals surface area (Å²) in [5.41, 5.74) is 0.982. The molecule has 1 amide bonds. The third kappa shape index (κ3) is 4.11. The topological polar surface area (TPSA) is 66.5 Å². The van der Waals surface area contributed by atoms with Crippen LogP contribution in [0.3, 0.4) is 0 Å². The number of hydrogen-bond acceptors (Lipinski definition) is 4. The maximum atomic E-state index is 12.3. The molecule has 1 N–H and O–H groups in total. The number of aryl methyl sites for hydroxylation is 1. The van der Waals surface area contributed by atoms with E-state index in [9.17, 15) is 13.2 Å². The summed E-state index contributed by atoms with van der Waals surface area (Å²) in [6.07, 6.45) is 0. The van der Waals surface area contributed by atoms with Crippen LogP contribution >= 0.6 is 11.3 Å². The first-order chi connectivity index (χ1) is 10.9. The zero-order chi connectivity index (χ0) is 17.0. The molecule has 0 saturated heterocycles. The number of sulfonamides is 1. The molecule has 0 aliphatic rings. The van der Waals surface area contributed by atoms with Crippen LogP contribution < -0.4 is 4.72 Å². The SMILES string of the molecule is CCN(CC)C(=O)c1ccc(NS(=O)(=O)c2ccc(C)s2)cc1. The van der Waals surface area contributed by atoms with E-state index in [0.717, 1.165) is 4.88 Å². The van der Waals surface area contributed by atoms with Crippen molar-refractivity contribution in [2.45, 2.75) is 25.0 Å². The number of rotatable bonds is 6.